The highest BCUT2D eigenvalue weighted by molar-refractivity contribution is 7.89. The van der Waals surface area contributed by atoms with Gasteiger partial charge in [0.15, 0.2) is 0 Å². The summed E-state index contributed by atoms with van der Waals surface area (Å²) in [6.45, 7) is 3.55. The molecule has 3 aromatic carbocycles. The molecule has 0 N–H and O–H groups in total. The van der Waals surface area contributed by atoms with Gasteiger partial charge in [0, 0.05) is 32.7 Å². The molecular formula is C28H28N6O2S. The van der Waals surface area contributed by atoms with Gasteiger partial charge < -0.3 is 4.57 Å². The average molecular weight is 513 g/mol. The number of sulfonamides is 1. The normalized spacial score (nSPS) is 15.4. The van der Waals surface area contributed by atoms with Crippen molar-refractivity contribution in [3.8, 4) is 5.69 Å². The molecule has 2 aromatic heterocycles. The van der Waals surface area contributed by atoms with E-state index in [0.29, 0.717) is 32.7 Å². The molecular weight excluding hydrogens is 484 g/mol. The molecule has 0 saturated carbocycles. The van der Waals surface area contributed by atoms with E-state index in [-0.39, 0.29) is 4.90 Å². The molecule has 188 valence electrons. The van der Waals surface area contributed by atoms with E-state index in [1.54, 1.807) is 15.2 Å². The smallest absolute Gasteiger partial charge is 0.246 e. The van der Waals surface area contributed by atoms with Gasteiger partial charge in [-0.25, -0.2) is 18.1 Å². The Morgan fingerprint density at radius 3 is 2.19 bits per heavy atom. The van der Waals surface area contributed by atoms with Crippen LogP contribution < -0.4 is 0 Å². The van der Waals surface area contributed by atoms with E-state index in [0.717, 1.165) is 29.1 Å². The summed E-state index contributed by atoms with van der Waals surface area (Å²) in [7, 11) is -3.61. The van der Waals surface area contributed by atoms with Gasteiger partial charge in [-0.1, -0.05) is 60.7 Å². The molecule has 0 spiro atoms. The first-order valence-corrected chi connectivity index (χ1v) is 13.8. The first-order chi connectivity index (χ1) is 18.1. The molecule has 0 unspecified atom stereocenters. The monoisotopic (exact) mass is 512 g/mol. The van der Waals surface area contributed by atoms with Gasteiger partial charge in [-0.05, 0) is 29.8 Å². The van der Waals surface area contributed by atoms with Crippen molar-refractivity contribution in [1.29, 1.82) is 0 Å². The molecule has 1 aliphatic rings. The fourth-order valence-corrected chi connectivity index (χ4v) is 6.18. The highest BCUT2D eigenvalue weighted by atomic mass is 32.2. The fraction of sp³-hybridized carbons (Fsp3) is 0.214. The van der Waals surface area contributed by atoms with Gasteiger partial charge in [-0.3, -0.25) is 4.90 Å². The quantitative estimate of drug-likeness (QED) is 0.332. The number of fused-ring (bicyclic) bond motifs is 1. The predicted molar refractivity (Wildman–Crippen MR) is 143 cm³/mol. The van der Waals surface area contributed by atoms with Crippen molar-refractivity contribution < 1.29 is 8.42 Å². The molecule has 1 aliphatic heterocycles. The maximum absolute atomic E-state index is 13.3. The third kappa shape index (κ3) is 4.81. The van der Waals surface area contributed by atoms with Gasteiger partial charge in [-0.15, -0.1) is 0 Å². The van der Waals surface area contributed by atoms with E-state index in [1.807, 2.05) is 54.6 Å². The zero-order valence-electron chi connectivity index (χ0n) is 20.4. The largest absolute Gasteiger partial charge is 0.322 e. The maximum atomic E-state index is 13.3. The van der Waals surface area contributed by atoms with Gasteiger partial charge in [0.2, 0.25) is 10.0 Å². The van der Waals surface area contributed by atoms with E-state index >= 15 is 0 Å². The Hall–Kier alpha value is -3.79. The molecule has 9 heteroatoms. The molecule has 0 radical (unpaired) electrons. The lowest BCUT2D eigenvalue weighted by atomic mass is 10.2. The number of benzene rings is 3. The molecule has 0 atom stereocenters. The van der Waals surface area contributed by atoms with Crippen LogP contribution in [0, 0.1) is 0 Å². The average Bonchev–Trinajstić information content (AvgIpc) is 3.57. The van der Waals surface area contributed by atoms with Crippen LogP contribution in [-0.4, -0.2) is 63.1 Å². The number of hydrogen-bond donors (Lipinski definition) is 0. The van der Waals surface area contributed by atoms with Crippen molar-refractivity contribution in [1.82, 2.24) is 28.5 Å². The summed E-state index contributed by atoms with van der Waals surface area (Å²) in [6, 6.07) is 28.1. The zero-order valence-corrected chi connectivity index (χ0v) is 21.2. The minimum atomic E-state index is -3.61. The second-order valence-electron chi connectivity index (χ2n) is 9.22. The second kappa shape index (κ2) is 9.93. The van der Waals surface area contributed by atoms with E-state index in [9.17, 15) is 8.42 Å². The van der Waals surface area contributed by atoms with Crippen molar-refractivity contribution in [2.24, 2.45) is 0 Å². The Kier molecular flexibility index (Phi) is 6.33. The lowest BCUT2D eigenvalue weighted by Crippen LogP contribution is -2.48. The second-order valence-corrected chi connectivity index (χ2v) is 11.2. The third-order valence-electron chi connectivity index (χ3n) is 6.83. The van der Waals surface area contributed by atoms with E-state index in [2.05, 4.69) is 44.9 Å². The molecule has 5 aromatic rings. The molecule has 0 amide bonds. The lowest BCUT2D eigenvalue weighted by molar-refractivity contribution is 0.176. The summed E-state index contributed by atoms with van der Waals surface area (Å²) in [5, 5.41) is 4.27. The van der Waals surface area contributed by atoms with Gasteiger partial charge in [0.25, 0.3) is 0 Å². The first-order valence-electron chi connectivity index (χ1n) is 12.4. The van der Waals surface area contributed by atoms with Crippen LogP contribution >= 0.6 is 0 Å². The zero-order chi connectivity index (χ0) is 25.2. The van der Waals surface area contributed by atoms with Crippen LogP contribution in [0.25, 0.3) is 16.7 Å². The van der Waals surface area contributed by atoms with Crippen molar-refractivity contribution in [3.05, 3.63) is 109 Å². The Morgan fingerprint density at radius 2 is 1.43 bits per heavy atom. The summed E-state index contributed by atoms with van der Waals surface area (Å²) in [6.07, 6.45) is 3.02. The number of nitrogens with zero attached hydrogens (tertiary/aromatic N) is 6. The van der Waals surface area contributed by atoms with Gasteiger partial charge in [0.1, 0.15) is 10.7 Å². The number of imidazole rings is 1. The summed E-state index contributed by atoms with van der Waals surface area (Å²) < 4.78 is 32.0. The fourth-order valence-electron chi connectivity index (χ4n) is 4.83. The Labute approximate surface area is 216 Å². The SMILES string of the molecule is O=S(=O)(c1cnn(-c2ccccc2)c1)N1CCN(Cc2nc3ccccc3n2Cc2ccccc2)CC1. The van der Waals surface area contributed by atoms with Crippen LogP contribution in [0.2, 0.25) is 0 Å². The van der Waals surface area contributed by atoms with Gasteiger partial charge in [-0.2, -0.15) is 9.40 Å². The molecule has 0 aliphatic carbocycles. The van der Waals surface area contributed by atoms with Crippen LogP contribution in [0.3, 0.4) is 0 Å². The van der Waals surface area contributed by atoms with Gasteiger partial charge >= 0.3 is 0 Å². The van der Waals surface area contributed by atoms with Crippen molar-refractivity contribution in [2.45, 2.75) is 18.0 Å². The Morgan fingerprint density at radius 1 is 0.757 bits per heavy atom. The maximum Gasteiger partial charge on any atom is 0.246 e. The van der Waals surface area contributed by atoms with Gasteiger partial charge in [0.05, 0.1) is 35.7 Å². The molecule has 37 heavy (non-hydrogen) atoms. The molecule has 0 bridgehead atoms. The number of rotatable bonds is 7. The van der Waals surface area contributed by atoms with Crippen LogP contribution in [0.4, 0.5) is 0 Å². The topological polar surface area (TPSA) is 76.3 Å². The summed E-state index contributed by atoms with van der Waals surface area (Å²) in [4.78, 5) is 7.43. The molecule has 8 nitrogen and oxygen atoms in total. The van der Waals surface area contributed by atoms with Crippen LogP contribution in [0.1, 0.15) is 11.4 Å². The number of para-hydroxylation sites is 3. The Balaban J connectivity index is 1.16. The minimum Gasteiger partial charge on any atom is -0.322 e. The number of aromatic nitrogens is 4. The standard InChI is InChI=1S/C28H28N6O2S/c35-37(36,25-19-29-34(21-25)24-11-5-2-6-12-24)32-17-15-31(16-18-32)22-28-30-26-13-7-8-14-27(26)33(28)20-23-9-3-1-4-10-23/h1-14,19,21H,15-18,20,22H2. The summed E-state index contributed by atoms with van der Waals surface area (Å²) in [5.74, 6) is 0.991. The predicted octanol–water partition coefficient (Wildman–Crippen LogP) is 3.78. The third-order valence-corrected chi connectivity index (χ3v) is 8.68. The molecule has 1 saturated heterocycles. The van der Waals surface area contributed by atoms with Crippen LogP contribution in [0.5, 0.6) is 0 Å². The first kappa shape index (κ1) is 23.6. The Bertz CT molecular complexity index is 1600. The lowest BCUT2D eigenvalue weighted by Gasteiger charge is -2.33. The number of hydrogen-bond acceptors (Lipinski definition) is 5. The van der Waals surface area contributed by atoms with E-state index in [1.165, 1.54) is 11.8 Å². The number of piperazine rings is 1. The molecule has 3 heterocycles. The van der Waals surface area contributed by atoms with Crippen LogP contribution in [-0.2, 0) is 23.1 Å². The van der Waals surface area contributed by atoms with E-state index < -0.39 is 10.0 Å². The van der Waals surface area contributed by atoms with E-state index in [4.69, 9.17) is 4.98 Å². The van der Waals surface area contributed by atoms with Crippen molar-refractivity contribution in [2.75, 3.05) is 26.2 Å². The summed E-state index contributed by atoms with van der Waals surface area (Å²) >= 11 is 0. The highest BCUT2D eigenvalue weighted by Crippen LogP contribution is 2.22. The molecule has 6 rings (SSSR count). The van der Waals surface area contributed by atoms with Crippen molar-refractivity contribution in [3.63, 3.8) is 0 Å². The molecule has 1 fully saturated rings. The van der Waals surface area contributed by atoms with Crippen molar-refractivity contribution >= 4 is 21.1 Å². The minimum absolute atomic E-state index is 0.217. The van der Waals surface area contributed by atoms with Crippen LogP contribution in [0.15, 0.2) is 102 Å². The highest BCUT2D eigenvalue weighted by Gasteiger charge is 2.30. The summed E-state index contributed by atoms with van der Waals surface area (Å²) in [5.41, 5.74) is 4.13.